The van der Waals surface area contributed by atoms with Gasteiger partial charge in [-0.3, -0.25) is 0 Å². The summed E-state index contributed by atoms with van der Waals surface area (Å²) in [6.07, 6.45) is 0. The maximum Gasteiger partial charge on any atom is 0.136 e. The van der Waals surface area contributed by atoms with Gasteiger partial charge in [-0.1, -0.05) is 48.5 Å². The first-order valence-electron chi connectivity index (χ1n) is 6.80. The van der Waals surface area contributed by atoms with Crippen LogP contribution in [0.15, 0.2) is 54.6 Å². The lowest BCUT2D eigenvalue weighted by Gasteiger charge is -2.16. The predicted octanol–water partition coefficient (Wildman–Crippen LogP) is 4.28. The van der Waals surface area contributed by atoms with Gasteiger partial charge in [0, 0.05) is 25.0 Å². The van der Waals surface area contributed by atoms with Crippen molar-refractivity contribution in [2.75, 3.05) is 19.0 Å². The summed E-state index contributed by atoms with van der Waals surface area (Å²) in [5.74, 6) is 1.02. The third-order valence-corrected chi connectivity index (χ3v) is 3.56. The molecule has 2 heteroatoms. The highest BCUT2D eigenvalue weighted by molar-refractivity contribution is 5.95. The number of aromatic nitrogens is 1. The molecule has 0 aliphatic rings. The van der Waals surface area contributed by atoms with Gasteiger partial charge in [-0.15, -0.1) is 0 Å². The molecule has 0 aliphatic carbocycles. The second kappa shape index (κ2) is 4.97. The Hall–Kier alpha value is -2.35. The van der Waals surface area contributed by atoms with Crippen LogP contribution in [0.1, 0.15) is 5.56 Å². The molecule has 0 radical (unpaired) electrons. The van der Waals surface area contributed by atoms with Crippen molar-refractivity contribution in [2.24, 2.45) is 0 Å². The summed E-state index contributed by atoms with van der Waals surface area (Å²) in [5, 5.41) is 2.42. The monoisotopic (exact) mass is 262 g/mol. The van der Waals surface area contributed by atoms with Crippen molar-refractivity contribution in [1.82, 2.24) is 4.98 Å². The summed E-state index contributed by atoms with van der Waals surface area (Å²) in [4.78, 5) is 6.93. The molecule has 0 spiro atoms. The SMILES string of the molecule is Cc1ccccc1-c1cc2ccccc2c(N(C)C)n1. The number of hydrogen-bond donors (Lipinski definition) is 0. The lowest BCUT2D eigenvalue weighted by molar-refractivity contribution is 1.08. The predicted molar refractivity (Wildman–Crippen MR) is 86.2 cm³/mol. The zero-order chi connectivity index (χ0) is 14.1. The zero-order valence-electron chi connectivity index (χ0n) is 12.1. The van der Waals surface area contributed by atoms with Crippen molar-refractivity contribution in [1.29, 1.82) is 0 Å². The summed E-state index contributed by atoms with van der Waals surface area (Å²) in [7, 11) is 4.08. The summed E-state index contributed by atoms with van der Waals surface area (Å²) in [6, 6.07) is 19.0. The van der Waals surface area contributed by atoms with Gasteiger partial charge in [0.2, 0.25) is 0 Å². The van der Waals surface area contributed by atoms with E-state index in [1.54, 1.807) is 0 Å². The van der Waals surface area contributed by atoms with E-state index in [0.717, 1.165) is 11.5 Å². The molecule has 0 atom stereocenters. The third kappa shape index (κ3) is 2.14. The van der Waals surface area contributed by atoms with E-state index in [9.17, 15) is 0 Å². The van der Waals surface area contributed by atoms with E-state index in [0.29, 0.717) is 0 Å². The van der Waals surface area contributed by atoms with E-state index in [-0.39, 0.29) is 0 Å². The Morgan fingerprint density at radius 2 is 1.60 bits per heavy atom. The molecule has 0 saturated heterocycles. The number of hydrogen-bond acceptors (Lipinski definition) is 2. The van der Waals surface area contributed by atoms with Crippen LogP contribution in [-0.4, -0.2) is 19.1 Å². The molecule has 100 valence electrons. The minimum atomic E-state index is 1.02. The Morgan fingerprint density at radius 1 is 0.900 bits per heavy atom. The standard InChI is InChI=1S/C18H18N2/c1-13-8-4-6-10-15(13)17-12-14-9-5-7-11-16(14)18(19-17)20(2)3/h4-12H,1-3H3. The van der Waals surface area contributed by atoms with E-state index in [2.05, 4.69) is 66.4 Å². The first-order chi connectivity index (χ1) is 9.66. The molecular weight excluding hydrogens is 244 g/mol. The normalized spacial score (nSPS) is 10.8. The molecule has 1 aromatic heterocycles. The van der Waals surface area contributed by atoms with Gasteiger partial charge in [0.05, 0.1) is 5.69 Å². The van der Waals surface area contributed by atoms with Gasteiger partial charge in [-0.05, 0) is 23.9 Å². The highest BCUT2D eigenvalue weighted by Crippen LogP contribution is 2.30. The van der Waals surface area contributed by atoms with Crippen LogP contribution in [0, 0.1) is 6.92 Å². The lowest BCUT2D eigenvalue weighted by atomic mass is 10.0. The number of nitrogens with zero attached hydrogens (tertiary/aromatic N) is 2. The molecule has 0 fully saturated rings. The maximum atomic E-state index is 4.86. The first kappa shape index (κ1) is 12.7. The van der Waals surface area contributed by atoms with Gasteiger partial charge < -0.3 is 4.90 Å². The van der Waals surface area contributed by atoms with E-state index < -0.39 is 0 Å². The minimum absolute atomic E-state index is 1.02. The molecule has 20 heavy (non-hydrogen) atoms. The van der Waals surface area contributed by atoms with Crippen molar-refractivity contribution in [3.8, 4) is 11.3 Å². The molecule has 0 saturated carbocycles. The Bertz CT molecular complexity index is 760. The summed E-state index contributed by atoms with van der Waals surface area (Å²) in [6.45, 7) is 2.13. The Balaban J connectivity index is 2.30. The van der Waals surface area contributed by atoms with Crippen LogP contribution in [0.3, 0.4) is 0 Å². The molecule has 0 bridgehead atoms. The van der Waals surface area contributed by atoms with Crippen LogP contribution in [0.2, 0.25) is 0 Å². The largest absolute Gasteiger partial charge is 0.362 e. The van der Waals surface area contributed by atoms with Gasteiger partial charge in [-0.2, -0.15) is 0 Å². The molecule has 3 aromatic rings. The van der Waals surface area contributed by atoms with Gasteiger partial charge in [-0.25, -0.2) is 4.98 Å². The molecule has 1 heterocycles. The number of benzene rings is 2. The average molecular weight is 262 g/mol. The topological polar surface area (TPSA) is 16.1 Å². The van der Waals surface area contributed by atoms with Gasteiger partial charge >= 0.3 is 0 Å². The number of pyridine rings is 1. The molecule has 2 nitrogen and oxygen atoms in total. The van der Waals surface area contributed by atoms with Crippen molar-refractivity contribution in [3.05, 3.63) is 60.2 Å². The first-order valence-corrected chi connectivity index (χ1v) is 6.80. The zero-order valence-corrected chi connectivity index (χ0v) is 12.1. The molecule has 0 amide bonds. The van der Waals surface area contributed by atoms with Crippen LogP contribution in [0.5, 0.6) is 0 Å². The summed E-state index contributed by atoms with van der Waals surface area (Å²) in [5.41, 5.74) is 3.48. The lowest BCUT2D eigenvalue weighted by Crippen LogP contribution is -2.11. The van der Waals surface area contributed by atoms with E-state index in [1.165, 1.54) is 21.9 Å². The maximum absolute atomic E-state index is 4.86. The van der Waals surface area contributed by atoms with Crippen molar-refractivity contribution in [2.45, 2.75) is 6.92 Å². The van der Waals surface area contributed by atoms with Crippen LogP contribution in [0.4, 0.5) is 5.82 Å². The number of aryl methyl sites for hydroxylation is 1. The Kier molecular flexibility index (Phi) is 3.15. The van der Waals surface area contributed by atoms with Crippen molar-refractivity contribution in [3.63, 3.8) is 0 Å². The van der Waals surface area contributed by atoms with Crippen LogP contribution in [0.25, 0.3) is 22.0 Å². The number of anilines is 1. The molecule has 3 rings (SSSR count). The quantitative estimate of drug-likeness (QED) is 0.685. The van der Waals surface area contributed by atoms with E-state index in [1.807, 2.05) is 14.1 Å². The van der Waals surface area contributed by atoms with Crippen molar-refractivity contribution < 1.29 is 0 Å². The van der Waals surface area contributed by atoms with Gasteiger partial charge in [0.15, 0.2) is 0 Å². The van der Waals surface area contributed by atoms with Gasteiger partial charge in [0.1, 0.15) is 5.82 Å². The van der Waals surface area contributed by atoms with E-state index >= 15 is 0 Å². The van der Waals surface area contributed by atoms with Crippen LogP contribution < -0.4 is 4.90 Å². The second-order valence-electron chi connectivity index (χ2n) is 5.26. The van der Waals surface area contributed by atoms with Crippen molar-refractivity contribution >= 4 is 16.6 Å². The fraction of sp³-hybridized carbons (Fsp3) is 0.167. The molecular formula is C18H18N2. The summed E-state index contributed by atoms with van der Waals surface area (Å²) < 4.78 is 0. The molecule has 0 aliphatic heterocycles. The van der Waals surface area contributed by atoms with Gasteiger partial charge in [0.25, 0.3) is 0 Å². The molecule has 0 N–H and O–H groups in total. The Labute approximate surface area is 119 Å². The summed E-state index contributed by atoms with van der Waals surface area (Å²) >= 11 is 0. The Morgan fingerprint density at radius 3 is 2.35 bits per heavy atom. The minimum Gasteiger partial charge on any atom is -0.362 e. The number of rotatable bonds is 2. The van der Waals surface area contributed by atoms with Crippen LogP contribution >= 0.6 is 0 Å². The van der Waals surface area contributed by atoms with Crippen LogP contribution in [-0.2, 0) is 0 Å². The molecule has 0 unspecified atom stereocenters. The fourth-order valence-electron chi connectivity index (χ4n) is 2.52. The highest BCUT2D eigenvalue weighted by atomic mass is 15.1. The number of fused-ring (bicyclic) bond motifs is 1. The second-order valence-corrected chi connectivity index (χ2v) is 5.26. The molecule has 2 aromatic carbocycles. The fourth-order valence-corrected chi connectivity index (χ4v) is 2.52. The van der Waals surface area contributed by atoms with E-state index in [4.69, 9.17) is 4.98 Å². The third-order valence-electron chi connectivity index (χ3n) is 3.56. The smallest absolute Gasteiger partial charge is 0.136 e. The average Bonchev–Trinajstić information content (AvgIpc) is 2.46. The highest BCUT2D eigenvalue weighted by Gasteiger charge is 2.10.